The maximum atomic E-state index is 13.8. The van der Waals surface area contributed by atoms with E-state index in [4.69, 9.17) is 10.9 Å². The molecule has 11 heteroatoms. The Bertz CT molecular complexity index is 1750. The predicted molar refractivity (Wildman–Crippen MR) is 140 cm³/mol. The lowest BCUT2D eigenvalue weighted by Gasteiger charge is -2.17. The first kappa shape index (κ1) is 24.1. The normalized spacial score (nSPS) is 23.3. The van der Waals surface area contributed by atoms with Gasteiger partial charge < -0.3 is 11.1 Å². The number of rotatable bonds is 6. The molecule has 3 aliphatic rings. The SMILES string of the molecule is NC1=NC=CC2C3C=C(CNC(=O)c4ccnc(Cc5cc(S(N)(=O)=O)c6ncc(F)cc6c5)c4)C=CC123. The molecule has 3 aromatic rings. The van der Waals surface area contributed by atoms with Gasteiger partial charge in [-0.3, -0.25) is 14.8 Å². The van der Waals surface area contributed by atoms with Gasteiger partial charge in [-0.05, 0) is 41.5 Å². The van der Waals surface area contributed by atoms with E-state index in [-0.39, 0.29) is 34.1 Å². The van der Waals surface area contributed by atoms with E-state index in [1.54, 1.807) is 24.4 Å². The molecule has 1 amide bonds. The van der Waals surface area contributed by atoms with Gasteiger partial charge in [-0.15, -0.1) is 0 Å². The van der Waals surface area contributed by atoms with Crippen LogP contribution in [0.25, 0.3) is 10.9 Å². The fourth-order valence-corrected chi connectivity index (χ4v) is 6.14. The Morgan fingerprint density at radius 1 is 1.16 bits per heavy atom. The van der Waals surface area contributed by atoms with E-state index in [1.807, 2.05) is 6.08 Å². The highest BCUT2D eigenvalue weighted by molar-refractivity contribution is 7.89. The largest absolute Gasteiger partial charge is 0.386 e. The van der Waals surface area contributed by atoms with E-state index < -0.39 is 15.8 Å². The second-order valence-corrected chi connectivity index (χ2v) is 11.2. The zero-order valence-corrected chi connectivity index (χ0v) is 20.8. The molecule has 1 aliphatic heterocycles. The summed E-state index contributed by atoms with van der Waals surface area (Å²) in [4.78, 5) is 25.2. The van der Waals surface area contributed by atoms with Crippen LogP contribution in [0.3, 0.4) is 0 Å². The third-order valence-corrected chi connectivity index (χ3v) is 8.22. The number of pyridine rings is 2. The van der Waals surface area contributed by atoms with Crippen molar-refractivity contribution in [3.8, 4) is 0 Å². The number of nitrogens with two attached hydrogens (primary N) is 2. The summed E-state index contributed by atoms with van der Waals surface area (Å²) in [6.45, 7) is 0.355. The molecular weight excluding hydrogens is 507 g/mol. The van der Waals surface area contributed by atoms with Crippen LogP contribution in [-0.4, -0.2) is 36.7 Å². The van der Waals surface area contributed by atoms with Crippen molar-refractivity contribution in [2.24, 2.45) is 33.1 Å². The molecule has 192 valence electrons. The summed E-state index contributed by atoms with van der Waals surface area (Å²) in [5.41, 5.74) is 8.47. The van der Waals surface area contributed by atoms with E-state index in [0.717, 1.165) is 11.8 Å². The predicted octanol–water partition coefficient (Wildman–Crippen LogP) is 2.35. The number of hydrogen-bond acceptors (Lipinski definition) is 7. The number of aliphatic imine (C=N–C) groups is 1. The van der Waals surface area contributed by atoms with Gasteiger partial charge >= 0.3 is 0 Å². The lowest BCUT2D eigenvalue weighted by atomic mass is 9.93. The van der Waals surface area contributed by atoms with E-state index in [2.05, 4.69) is 38.5 Å². The summed E-state index contributed by atoms with van der Waals surface area (Å²) in [6.07, 6.45) is 12.7. The smallest absolute Gasteiger partial charge is 0.251 e. The summed E-state index contributed by atoms with van der Waals surface area (Å²) in [5.74, 6) is 0.316. The minimum Gasteiger partial charge on any atom is -0.386 e. The van der Waals surface area contributed by atoms with Crippen LogP contribution in [0.15, 0.2) is 88.7 Å². The van der Waals surface area contributed by atoms with Gasteiger partial charge in [0.2, 0.25) is 10.0 Å². The molecule has 3 unspecified atom stereocenters. The highest BCUT2D eigenvalue weighted by Gasteiger charge is 2.65. The zero-order valence-electron chi connectivity index (χ0n) is 20.0. The first-order valence-corrected chi connectivity index (χ1v) is 13.4. The number of hydrogen-bond donors (Lipinski definition) is 3. The van der Waals surface area contributed by atoms with Crippen LogP contribution in [0.2, 0.25) is 0 Å². The minimum atomic E-state index is -4.11. The fraction of sp³-hybridized carbons (Fsp3) is 0.185. The number of carbonyl (C=O) groups excluding carboxylic acids is 1. The Hall–Kier alpha value is -4.22. The van der Waals surface area contributed by atoms with Gasteiger partial charge in [-0.25, -0.2) is 22.9 Å². The molecule has 6 rings (SSSR count). The first-order valence-electron chi connectivity index (χ1n) is 11.9. The lowest BCUT2D eigenvalue weighted by Crippen LogP contribution is -2.29. The molecule has 3 heterocycles. The van der Waals surface area contributed by atoms with E-state index in [9.17, 15) is 17.6 Å². The van der Waals surface area contributed by atoms with Crippen molar-refractivity contribution in [3.63, 3.8) is 0 Å². The Morgan fingerprint density at radius 2 is 2.00 bits per heavy atom. The number of benzene rings is 1. The average molecular weight is 531 g/mol. The highest BCUT2D eigenvalue weighted by atomic mass is 32.2. The number of sulfonamides is 1. The molecule has 1 aromatic carbocycles. The Labute approximate surface area is 217 Å². The van der Waals surface area contributed by atoms with Crippen molar-refractivity contribution in [3.05, 3.63) is 101 Å². The van der Waals surface area contributed by atoms with Crippen molar-refractivity contribution in [1.29, 1.82) is 0 Å². The monoisotopic (exact) mass is 530 g/mol. The third-order valence-electron chi connectivity index (χ3n) is 7.30. The average Bonchev–Trinajstić information content (AvgIpc) is 3.56. The van der Waals surface area contributed by atoms with Crippen LogP contribution >= 0.6 is 0 Å². The Balaban J connectivity index is 1.18. The topological polar surface area (TPSA) is 153 Å². The number of amides is 1. The second kappa shape index (κ2) is 8.67. The number of aromatic nitrogens is 2. The summed E-state index contributed by atoms with van der Waals surface area (Å²) in [5, 5.41) is 8.62. The summed E-state index contributed by atoms with van der Waals surface area (Å²) >= 11 is 0. The van der Waals surface area contributed by atoms with Gasteiger partial charge in [-0.1, -0.05) is 24.3 Å². The standard InChI is InChI=1S/C27H23FN6O3S/c28-19-11-18-7-16(10-23(38(30,36)37)24(18)33-14-19)8-20-12-17(2-5-31-20)25(35)34-13-15-1-4-27-21(22(27)9-15)3-6-32-26(27)29/h1-7,9-12,14,21-22H,8,13H2,(H2,29,32)(H,34,35)(H2,30,36,37). The number of nitrogens with one attached hydrogen (secondary N) is 1. The molecule has 1 fully saturated rings. The van der Waals surface area contributed by atoms with Crippen LogP contribution in [0, 0.1) is 23.1 Å². The van der Waals surface area contributed by atoms with Crippen LogP contribution in [-0.2, 0) is 16.4 Å². The number of amidine groups is 1. The van der Waals surface area contributed by atoms with Crippen molar-refractivity contribution in [2.75, 3.05) is 6.54 Å². The second-order valence-electron chi connectivity index (χ2n) is 9.67. The van der Waals surface area contributed by atoms with E-state index in [1.165, 1.54) is 18.3 Å². The van der Waals surface area contributed by atoms with Gasteiger partial charge in [0.15, 0.2) is 0 Å². The Kier molecular flexibility index (Phi) is 5.51. The summed E-state index contributed by atoms with van der Waals surface area (Å²) in [6, 6.07) is 7.46. The van der Waals surface area contributed by atoms with Crippen molar-refractivity contribution in [2.45, 2.75) is 11.3 Å². The van der Waals surface area contributed by atoms with Crippen LogP contribution in [0.5, 0.6) is 0 Å². The molecule has 2 aliphatic carbocycles. The van der Waals surface area contributed by atoms with Gasteiger partial charge in [0.1, 0.15) is 16.5 Å². The fourth-order valence-electron chi connectivity index (χ4n) is 5.39. The third kappa shape index (κ3) is 4.09. The molecule has 1 spiro atoms. The number of fused-ring (bicyclic) bond motifs is 2. The molecule has 0 radical (unpaired) electrons. The molecular formula is C27H23FN6O3S. The molecule has 9 nitrogen and oxygen atoms in total. The Morgan fingerprint density at radius 3 is 2.82 bits per heavy atom. The van der Waals surface area contributed by atoms with Gasteiger partial charge in [-0.2, -0.15) is 0 Å². The van der Waals surface area contributed by atoms with Crippen LogP contribution < -0.4 is 16.2 Å². The van der Waals surface area contributed by atoms with Gasteiger partial charge in [0.25, 0.3) is 5.91 Å². The zero-order chi connectivity index (χ0) is 26.7. The highest BCUT2D eigenvalue weighted by Crippen LogP contribution is 2.64. The number of nitrogens with zero attached hydrogens (tertiary/aromatic N) is 3. The summed E-state index contributed by atoms with van der Waals surface area (Å²) < 4.78 is 38.1. The first-order chi connectivity index (χ1) is 18.1. The number of carbonyl (C=O) groups is 1. The molecule has 1 saturated carbocycles. The van der Waals surface area contributed by atoms with Crippen molar-refractivity contribution in [1.82, 2.24) is 15.3 Å². The van der Waals surface area contributed by atoms with Crippen molar-refractivity contribution >= 4 is 32.7 Å². The maximum Gasteiger partial charge on any atom is 0.251 e. The molecule has 38 heavy (non-hydrogen) atoms. The van der Waals surface area contributed by atoms with E-state index >= 15 is 0 Å². The molecule has 0 bridgehead atoms. The lowest BCUT2D eigenvalue weighted by molar-refractivity contribution is 0.0957. The van der Waals surface area contributed by atoms with Gasteiger partial charge in [0.05, 0.1) is 17.1 Å². The quantitative estimate of drug-likeness (QED) is 0.445. The summed E-state index contributed by atoms with van der Waals surface area (Å²) in [7, 11) is -4.11. The van der Waals surface area contributed by atoms with Gasteiger partial charge in [0, 0.05) is 53.8 Å². The number of primary sulfonamides is 1. The minimum absolute atomic E-state index is 0.0900. The van der Waals surface area contributed by atoms with Crippen LogP contribution in [0.4, 0.5) is 4.39 Å². The van der Waals surface area contributed by atoms with Crippen molar-refractivity contribution < 1.29 is 17.6 Å². The molecule has 2 aromatic heterocycles. The van der Waals surface area contributed by atoms with E-state index in [0.29, 0.717) is 40.5 Å². The molecule has 3 atom stereocenters. The molecule has 0 saturated heterocycles. The number of halogens is 1. The maximum absolute atomic E-state index is 13.8. The number of allylic oxidation sites excluding steroid dienone is 2. The van der Waals surface area contributed by atoms with Crippen LogP contribution in [0.1, 0.15) is 21.6 Å². The molecule has 5 N–H and O–H groups in total.